The smallest absolute Gasteiger partial charge is 0.243 e. The molecule has 0 radical (unpaired) electrons. The summed E-state index contributed by atoms with van der Waals surface area (Å²) in [5, 5.41) is 8.38. The minimum atomic E-state index is -3.72. The Kier molecular flexibility index (Phi) is 6.47. The first kappa shape index (κ1) is 15.8. The normalized spacial score (nSPS) is 11.7. The molecule has 0 aliphatic rings. The molecule has 0 saturated heterocycles. The number of sulfonamides is 1. The van der Waals surface area contributed by atoms with Crippen molar-refractivity contribution in [2.24, 2.45) is 0 Å². The molecule has 0 aliphatic carbocycles. The van der Waals surface area contributed by atoms with Gasteiger partial charge in [0.15, 0.2) is 0 Å². The first-order valence-corrected chi connectivity index (χ1v) is 7.62. The highest BCUT2D eigenvalue weighted by atomic mass is 79.9. The average Bonchev–Trinajstić information content (AvgIpc) is 2.32. The molecule has 6 nitrogen and oxygen atoms in total. The summed E-state index contributed by atoms with van der Waals surface area (Å²) in [6, 6.07) is 1.37. The highest BCUT2D eigenvalue weighted by Crippen LogP contribution is 2.22. The summed E-state index contributed by atoms with van der Waals surface area (Å²) in [6.07, 6.45) is 1.41. The van der Waals surface area contributed by atoms with E-state index in [0.717, 1.165) is 0 Å². The van der Waals surface area contributed by atoms with Gasteiger partial charge in [0.05, 0.1) is 19.8 Å². The molecule has 0 unspecified atom stereocenters. The van der Waals surface area contributed by atoms with E-state index in [1.54, 1.807) is 0 Å². The molecule has 0 bridgehead atoms. The van der Waals surface area contributed by atoms with Crippen LogP contribution in [-0.4, -0.2) is 44.9 Å². The van der Waals surface area contributed by atoms with Crippen LogP contribution in [0.25, 0.3) is 0 Å². The van der Waals surface area contributed by atoms with Gasteiger partial charge in [0.1, 0.15) is 10.0 Å². The Bertz CT molecular complexity index is 497. The maximum atomic E-state index is 11.9. The molecular weight excluding hydrogens is 348 g/mol. The number of halogens is 2. The Balaban J connectivity index is 2.66. The highest BCUT2D eigenvalue weighted by molar-refractivity contribution is 9.10. The van der Waals surface area contributed by atoms with Crippen molar-refractivity contribution in [3.05, 3.63) is 21.9 Å². The van der Waals surface area contributed by atoms with Gasteiger partial charge in [0.25, 0.3) is 0 Å². The summed E-state index contributed by atoms with van der Waals surface area (Å²) in [6.45, 7) is 0.319. The zero-order chi connectivity index (χ0) is 13.6. The molecule has 0 aromatic carbocycles. The SMILES string of the molecule is O=S(=O)(NCCOCCO)c1cc(Br)cnc1Cl. The Morgan fingerprint density at radius 3 is 2.89 bits per heavy atom. The van der Waals surface area contributed by atoms with E-state index in [9.17, 15) is 8.42 Å². The second kappa shape index (κ2) is 7.37. The topological polar surface area (TPSA) is 88.5 Å². The summed E-state index contributed by atoms with van der Waals surface area (Å²) in [5.41, 5.74) is 0. The Labute approximate surface area is 119 Å². The van der Waals surface area contributed by atoms with Gasteiger partial charge in [-0.25, -0.2) is 18.1 Å². The minimum absolute atomic E-state index is 0.0885. The first-order chi connectivity index (χ1) is 8.47. The fraction of sp³-hybridized carbons (Fsp3) is 0.444. The van der Waals surface area contributed by atoms with Crippen LogP contribution in [0.2, 0.25) is 5.15 Å². The third-order valence-electron chi connectivity index (χ3n) is 1.84. The predicted molar refractivity (Wildman–Crippen MR) is 70.0 cm³/mol. The Hall–Kier alpha value is -0.250. The van der Waals surface area contributed by atoms with Crippen LogP contribution in [0.3, 0.4) is 0 Å². The lowest BCUT2D eigenvalue weighted by molar-refractivity contribution is 0.0961. The van der Waals surface area contributed by atoms with Crippen LogP contribution < -0.4 is 4.72 Å². The lowest BCUT2D eigenvalue weighted by atomic mass is 10.5. The molecule has 0 amide bonds. The maximum Gasteiger partial charge on any atom is 0.243 e. The van der Waals surface area contributed by atoms with E-state index in [2.05, 4.69) is 25.6 Å². The number of aromatic nitrogens is 1. The first-order valence-electron chi connectivity index (χ1n) is 4.96. The van der Waals surface area contributed by atoms with Crippen LogP contribution in [0.1, 0.15) is 0 Å². The van der Waals surface area contributed by atoms with Gasteiger partial charge in [-0.3, -0.25) is 0 Å². The van der Waals surface area contributed by atoms with E-state index in [0.29, 0.717) is 4.47 Å². The molecule has 102 valence electrons. The van der Waals surface area contributed by atoms with Gasteiger partial charge in [-0.2, -0.15) is 0 Å². The van der Waals surface area contributed by atoms with Gasteiger partial charge in [0, 0.05) is 17.2 Å². The molecule has 9 heteroatoms. The van der Waals surface area contributed by atoms with Gasteiger partial charge in [-0.05, 0) is 22.0 Å². The van der Waals surface area contributed by atoms with Gasteiger partial charge in [-0.1, -0.05) is 11.6 Å². The highest BCUT2D eigenvalue weighted by Gasteiger charge is 2.18. The number of hydrogen-bond acceptors (Lipinski definition) is 5. The number of hydrogen-bond donors (Lipinski definition) is 2. The van der Waals surface area contributed by atoms with Crippen LogP contribution in [0.4, 0.5) is 0 Å². The number of nitrogens with one attached hydrogen (secondary N) is 1. The van der Waals surface area contributed by atoms with E-state index in [-0.39, 0.29) is 36.4 Å². The summed E-state index contributed by atoms with van der Waals surface area (Å²) >= 11 is 8.85. The van der Waals surface area contributed by atoms with Crippen molar-refractivity contribution in [2.75, 3.05) is 26.4 Å². The lowest BCUT2D eigenvalue weighted by Gasteiger charge is -2.08. The van der Waals surface area contributed by atoms with E-state index in [1.807, 2.05) is 0 Å². The predicted octanol–water partition coefficient (Wildman–Crippen LogP) is 0.785. The van der Waals surface area contributed by atoms with Gasteiger partial charge in [0.2, 0.25) is 10.0 Å². The lowest BCUT2D eigenvalue weighted by Crippen LogP contribution is -2.28. The zero-order valence-corrected chi connectivity index (χ0v) is 12.4. The maximum absolute atomic E-state index is 11.9. The van der Waals surface area contributed by atoms with Gasteiger partial charge >= 0.3 is 0 Å². The summed E-state index contributed by atoms with van der Waals surface area (Å²) in [4.78, 5) is 3.64. The van der Waals surface area contributed by atoms with Crippen molar-refractivity contribution in [2.45, 2.75) is 4.90 Å². The molecule has 0 spiro atoms. The molecule has 2 N–H and O–H groups in total. The Morgan fingerprint density at radius 2 is 2.22 bits per heavy atom. The molecule has 0 saturated carbocycles. The molecular formula is C9H12BrClN2O4S. The van der Waals surface area contributed by atoms with Crippen molar-refractivity contribution in [3.8, 4) is 0 Å². The van der Waals surface area contributed by atoms with Crippen molar-refractivity contribution in [1.82, 2.24) is 9.71 Å². The molecule has 1 rings (SSSR count). The summed E-state index contributed by atoms with van der Waals surface area (Å²) in [5.74, 6) is 0. The fourth-order valence-electron chi connectivity index (χ4n) is 1.09. The standard InChI is InChI=1S/C9H12BrClN2O4S/c10-7-5-8(9(11)12-6-7)18(15,16)13-1-3-17-4-2-14/h5-6,13-14H,1-4H2. The zero-order valence-electron chi connectivity index (χ0n) is 9.27. The largest absolute Gasteiger partial charge is 0.394 e. The van der Waals surface area contributed by atoms with Crippen LogP contribution in [0.15, 0.2) is 21.6 Å². The Morgan fingerprint density at radius 1 is 1.50 bits per heavy atom. The van der Waals surface area contributed by atoms with Gasteiger partial charge < -0.3 is 9.84 Å². The third kappa shape index (κ3) is 4.79. The molecule has 18 heavy (non-hydrogen) atoms. The minimum Gasteiger partial charge on any atom is -0.394 e. The van der Waals surface area contributed by atoms with Crippen molar-refractivity contribution >= 4 is 37.6 Å². The van der Waals surface area contributed by atoms with Crippen LogP contribution >= 0.6 is 27.5 Å². The number of rotatable bonds is 7. The van der Waals surface area contributed by atoms with E-state index >= 15 is 0 Å². The van der Waals surface area contributed by atoms with Crippen LogP contribution in [0.5, 0.6) is 0 Å². The second-order valence-electron chi connectivity index (χ2n) is 3.18. The van der Waals surface area contributed by atoms with Crippen molar-refractivity contribution in [1.29, 1.82) is 0 Å². The monoisotopic (exact) mass is 358 g/mol. The van der Waals surface area contributed by atoms with Gasteiger partial charge in [-0.15, -0.1) is 0 Å². The quantitative estimate of drug-likeness (QED) is 0.555. The van der Waals surface area contributed by atoms with Crippen molar-refractivity contribution in [3.63, 3.8) is 0 Å². The van der Waals surface area contributed by atoms with E-state index in [4.69, 9.17) is 21.4 Å². The van der Waals surface area contributed by atoms with E-state index in [1.165, 1.54) is 12.3 Å². The van der Waals surface area contributed by atoms with Crippen LogP contribution in [-0.2, 0) is 14.8 Å². The third-order valence-corrected chi connectivity index (χ3v) is 4.16. The molecule has 0 atom stereocenters. The number of pyridine rings is 1. The molecule has 1 aromatic rings. The number of aliphatic hydroxyl groups is 1. The second-order valence-corrected chi connectivity index (χ2v) is 6.19. The molecule has 0 fully saturated rings. The molecule has 0 aliphatic heterocycles. The summed E-state index contributed by atoms with van der Waals surface area (Å²) in [7, 11) is -3.72. The van der Waals surface area contributed by atoms with E-state index < -0.39 is 10.0 Å². The number of nitrogens with zero attached hydrogens (tertiary/aromatic N) is 1. The van der Waals surface area contributed by atoms with Crippen LogP contribution in [0, 0.1) is 0 Å². The fourth-order valence-corrected chi connectivity index (χ4v) is 3.04. The van der Waals surface area contributed by atoms with Crippen molar-refractivity contribution < 1.29 is 18.3 Å². The molecule has 1 aromatic heterocycles. The summed E-state index contributed by atoms with van der Waals surface area (Å²) < 4.78 is 31.5. The number of aliphatic hydroxyl groups excluding tert-OH is 1. The number of ether oxygens (including phenoxy) is 1. The average molecular weight is 360 g/mol. The molecule has 1 heterocycles.